The van der Waals surface area contributed by atoms with Gasteiger partial charge in [0.25, 0.3) is 5.91 Å². The van der Waals surface area contributed by atoms with Crippen molar-refractivity contribution < 1.29 is 4.79 Å². The average Bonchev–Trinajstić information content (AvgIpc) is 3.23. The van der Waals surface area contributed by atoms with Gasteiger partial charge in [0, 0.05) is 12.6 Å². The summed E-state index contributed by atoms with van der Waals surface area (Å²) in [5.74, 6) is 0.669. The predicted molar refractivity (Wildman–Crippen MR) is 84.7 cm³/mol. The standard InChI is InChI=1S/C16H27N5O/c1-12(2)7-10-20(13-3-4-13)16(22)15-11-21(19-18-15)14-5-8-17-9-6-14/h11-14,17H,3-10H2,1-2H3. The monoisotopic (exact) mass is 305 g/mol. The van der Waals surface area contributed by atoms with Crippen LogP contribution in [0, 0.1) is 5.92 Å². The fourth-order valence-corrected chi connectivity index (χ4v) is 3.00. The Labute approximate surface area is 132 Å². The Morgan fingerprint density at radius 1 is 1.36 bits per heavy atom. The first kappa shape index (κ1) is 15.5. The molecule has 0 radical (unpaired) electrons. The highest BCUT2D eigenvalue weighted by molar-refractivity contribution is 5.92. The highest BCUT2D eigenvalue weighted by Crippen LogP contribution is 2.29. The summed E-state index contributed by atoms with van der Waals surface area (Å²) in [5, 5.41) is 11.7. The largest absolute Gasteiger partial charge is 0.334 e. The van der Waals surface area contributed by atoms with Crippen LogP contribution in [0.3, 0.4) is 0 Å². The Kier molecular flexibility index (Phi) is 4.76. The predicted octanol–water partition coefficient (Wildman–Crippen LogP) is 1.85. The molecule has 122 valence electrons. The summed E-state index contributed by atoms with van der Waals surface area (Å²) in [5.41, 5.74) is 0.509. The molecule has 1 saturated carbocycles. The van der Waals surface area contributed by atoms with Gasteiger partial charge in [-0.05, 0) is 51.1 Å². The second-order valence-corrected chi connectivity index (χ2v) is 6.98. The summed E-state index contributed by atoms with van der Waals surface area (Å²) in [6.07, 6.45) is 7.26. The maximum Gasteiger partial charge on any atom is 0.276 e. The van der Waals surface area contributed by atoms with E-state index in [1.807, 2.05) is 15.8 Å². The maximum atomic E-state index is 12.7. The average molecular weight is 305 g/mol. The molecule has 2 heterocycles. The van der Waals surface area contributed by atoms with Crippen LogP contribution in [0.2, 0.25) is 0 Å². The number of hydrogen-bond acceptors (Lipinski definition) is 4. The maximum absolute atomic E-state index is 12.7. The molecule has 2 aliphatic rings. The number of aromatic nitrogens is 3. The topological polar surface area (TPSA) is 63.1 Å². The van der Waals surface area contributed by atoms with Crippen molar-refractivity contribution in [3.05, 3.63) is 11.9 Å². The van der Waals surface area contributed by atoms with Gasteiger partial charge in [-0.2, -0.15) is 0 Å². The van der Waals surface area contributed by atoms with Crippen LogP contribution in [-0.4, -0.2) is 51.5 Å². The molecule has 6 heteroatoms. The Morgan fingerprint density at radius 3 is 2.73 bits per heavy atom. The minimum absolute atomic E-state index is 0.0586. The Bertz CT molecular complexity index is 502. The van der Waals surface area contributed by atoms with Crippen LogP contribution in [0.25, 0.3) is 0 Å². The van der Waals surface area contributed by atoms with Gasteiger partial charge in [-0.25, -0.2) is 4.68 Å². The van der Waals surface area contributed by atoms with E-state index in [-0.39, 0.29) is 5.91 Å². The van der Waals surface area contributed by atoms with E-state index in [1.54, 1.807) is 0 Å². The number of amides is 1. The van der Waals surface area contributed by atoms with Crippen LogP contribution in [0.1, 0.15) is 62.5 Å². The third-order valence-corrected chi connectivity index (χ3v) is 4.61. The number of piperidine rings is 1. The first-order valence-corrected chi connectivity index (χ1v) is 8.58. The minimum atomic E-state index is 0.0586. The van der Waals surface area contributed by atoms with Crippen molar-refractivity contribution in [3.63, 3.8) is 0 Å². The summed E-state index contributed by atoms with van der Waals surface area (Å²) in [6.45, 7) is 7.25. The summed E-state index contributed by atoms with van der Waals surface area (Å²) in [6, 6.07) is 0.801. The minimum Gasteiger partial charge on any atom is -0.334 e. The second-order valence-electron chi connectivity index (χ2n) is 6.98. The molecular weight excluding hydrogens is 278 g/mol. The molecular formula is C16H27N5O. The Morgan fingerprint density at radius 2 is 2.09 bits per heavy atom. The van der Waals surface area contributed by atoms with Crippen LogP contribution in [-0.2, 0) is 0 Å². The quantitative estimate of drug-likeness (QED) is 0.871. The number of nitrogens with one attached hydrogen (secondary N) is 1. The smallest absolute Gasteiger partial charge is 0.276 e. The van der Waals surface area contributed by atoms with E-state index in [9.17, 15) is 4.79 Å². The second kappa shape index (κ2) is 6.77. The molecule has 1 N–H and O–H groups in total. The Balaban J connectivity index is 1.66. The molecule has 1 aliphatic carbocycles. The van der Waals surface area contributed by atoms with Crippen molar-refractivity contribution in [3.8, 4) is 0 Å². The van der Waals surface area contributed by atoms with Gasteiger partial charge in [0.2, 0.25) is 0 Å². The number of rotatable bonds is 6. The molecule has 22 heavy (non-hydrogen) atoms. The van der Waals surface area contributed by atoms with E-state index in [4.69, 9.17) is 0 Å². The van der Waals surface area contributed by atoms with E-state index in [0.717, 1.165) is 51.7 Å². The Hall–Kier alpha value is -1.43. The molecule has 0 aromatic carbocycles. The molecule has 1 amide bonds. The number of nitrogens with zero attached hydrogens (tertiary/aromatic N) is 4. The molecule has 3 rings (SSSR count). The molecule has 1 aromatic rings. The molecule has 0 unspecified atom stereocenters. The molecule has 1 aromatic heterocycles. The van der Waals surface area contributed by atoms with Gasteiger partial charge in [-0.3, -0.25) is 4.79 Å². The van der Waals surface area contributed by atoms with Crippen LogP contribution >= 0.6 is 0 Å². The number of carbonyl (C=O) groups is 1. The van der Waals surface area contributed by atoms with Gasteiger partial charge >= 0.3 is 0 Å². The first-order valence-electron chi connectivity index (χ1n) is 8.58. The van der Waals surface area contributed by atoms with Crippen molar-refractivity contribution in [1.82, 2.24) is 25.2 Å². The van der Waals surface area contributed by atoms with E-state index in [2.05, 4.69) is 29.5 Å². The van der Waals surface area contributed by atoms with E-state index < -0.39 is 0 Å². The van der Waals surface area contributed by atoms with Crippen molar-refractivity contribution in [2.75, 3.05) is 19.6 Å². The van der Waals surface area contributed by atoms with Crippen molar-refractivity contribution in [1.29, 1.82) is 0 Å². The van der Waals surface area contributed by atoms with Crippen molar-refractivity contribution in [2.24, 2.45) is 5.92 Å². The molecule has 1 aliphatic heterocycles. The first-order chi connectivity index (χ1) is 10.6. The zero-order valence-corrected chi connectivity index (χ0v) is 13.7. The zero-order chi connectivity index (χ0) is 15.5. The highest BCUT2D eigenvalue weighted by atomic mass is 16.2. The van der Waals surface area contributed by atoms with Crippen molar-refractivity contribution >= 4 is 5.91 Å². The third kappa shape index (κ3) is 3.66. The van der Waals surface area contributed by atoms with Gasteiger partial charge in [0.1, 0.15) is 0 Å². The number of hydrogen-bond donors (Lipinski definition) is 1. The van der Waals surface area contributed by atoms with Crippen LogP contribution in [0.15, 0.2) is 6.20 Å². The molecule has 0 spiro atoms. The van der Waals surface area contributed by atoms with Gasteiger partial charge < -0.3 is 10.2 Å². The van der Waals surface area contributed by atoms with Gasteiger partial charge in [0.05, 0.1) is 12.2 Å². The lowest BCUT2D eigenvalue weighted by Crippen LogP contribution is -2.35. The van der Waals surface area contributed by atoms with Gasteiger partial charge in [-0.15, -0.1) is 5.10 Å². The summed E-state index contributed by atoms with van der Waals surface area (Å²) in [7, 11) is 0. The van der Waals surface area contributed by atoms with E-state index in [0.29, 0.717) is 23.7 Å². The lowest BCUT2D eigenvalue weighted by atomic mass is 10.1. The lowest BCUT2D eigenvalue weighted by Gasteiger charge is -2.23. The summed E-state index contributed by atoms with van der Waals surface area (Å²) >= 11 is 0. The molecule has 0 bridgehead atoms. The fourth-order valence-electron chi connectivity index (χ4n) is 3.00. The molecule has 6 nitrogen and oxygen atoms in total. The molecule has 2 fully saturated rings. The summed E-state index contributed by atoms with van der Waals surface area (Å²) < 4.78 is 1.89. The summed E-state index contributed by atoms with van der Waals surface area (Å²) in [4.78, 5) is 14.7. The SMILES string of the molecule is CC(C)CCN(C(=O)c1cn(C2CCNCC2)nn1)C1CC1. The normalized spacial score (nSPS) is 19.6. The van der Waals surface area contributed by atoms with Crippen LogP contribution in [0.4, 0.5) is 0 Å². The molecule has 1 saturated heterocycles. The van der Waals surface area contributed by atoms with Crippen LogP contribution < -0.4 is 5.32 Å². The van der Waals surface area contributed by atoms with Gasteiger partial charge in [0.15, 0.2) is 5.69 Å². The zero-order valence-electron chi connectivity index (χ0n) is 13.7. The fraction of sp³-hybridized carbons (Fsp3) is 0.812. The highest BCUT2D eigenvalue weighted by Gasteiger charge is 2.34. The number of carbonyl (C=O) groups excluding carboxylic acids is 1. The lowest BCUT2D eigenvalue weighted by molar-refractivity contribution is 0.0729. The molecule has 0 atom stereocenters. The van der Waals surface area contributed by atoms with Crippen molar-refractivity contribution in [2.45, 2.75) is 58.0 Å². The third-order valence-electron chi connectivity index (χ3n) is 4.61. The van der Waals surface area contributed by atoms with Gasteiger partial charge in [-0.1, -0.05) is 19.1 Å². The van der Waals surface area contributed by atoms with Crippen LogP contribution in [0.5, 0.6) is 0 Å². The van der Waals surface area contributed by atoms with E-state index in [1.165, 1.54) is 0 Å². The van der Waals surface area contributed by atoms with E-state index >= 15 is 0 Å².